The first-order valence-corrected chi connectivity index (χ1v) is 11.5. The van der Waals surface area contributed by atoms with Gasteiger partial charge >= 0.3 is 0 Å². The van der Waals surface area contributed by atoms with Crippen LogP contribution in [0.4, 0.5) is 4.39 Å². The highest BCUT2D eigenvalue weighted by Crippen LogP contribution is 2.39. The number of aromatic nitrogens is 2. The van der Waals surface area contributed by atoms with Crippen LogP contribution >= 0.6 is 0 Å². The first-order valence-electron chi connectivity index (χ1n) is 11.5. The van der Waals surface area contributed by atoms with Crippen LogP contribution in [0.3, 0.4) is 0 Å². The van der Waals surface area contributed by atoms with Gasteiger partial charge in [-0.2, -0.15) is 0 Å². The number of hydrogen-bond donors (Lipinski definition) is 1. The minimum atomic E-state index is -0.469. The van der Waals surface area contributed by atoms with Crippen LogP contribution in [0, 0.1) is 17.7 Å². The van der Waals surface area contributed by atoms with Gasteiger partial charge in [0.25, 0.3) is 0 Å². The molecule has 0 unspecified atom stereocenters. The summed E-state index contributed by atoms with van der Waals surface area (Å²) in [5.41, 5.74) is 1.32. The highest BCUT2D eigenvalue weighted by Gasteiger charge is 2.42. The highest BCUT2D eigenvalue weighted by atomic mass is 19.1. The van der Waals surface area contributed by atoms with E-state index >= 15 is 0 Å². The molecule has 0 bridgehead atoms. The van der Waals surface area contributed by atoms with Crippen molar-refractivity contribution in [3.05, 3.63) is 48.3 Å². The van der Waals surface area contributed by atoms with E-state index in [1.54, 1.807) is 12.1 Å². The molecule has 1 N–H and O–H groups in total. The van der Waals surface area contributed by atoms with Gasteiger partial charge in [-0.25, -0.2) is 9.37 Å². The minimum absolute atomic E-state index is 0.218. The maximum Gasteiger partial charge on any atom is 0.125 e. The van der Waals surface area contributed by atoms with Crippen molar-refractivity contribution in [2.75, 3.05) is 13.1 Å². The molecule has 6 heteroatoms. The Labute approximate surface area is 177 Å². The third kappa shape index (κ3) is 4.26. The van der Waals surface area contributed by atoms with Gasteiger partial charge in [-0.05, 0) is 61.8 Å². The Morgan fingerprint density at radius 2 is 1.77 bits per heavy atom. The second kappa shape index (κ2) is 8.67. The molecule has 1 saturated heterocycles. The maximum absolute atomic E-state index is 13.1. The summed E-state index contributed by atoms with van der Waals surface area (Å²) in [4.78, 5) is 6.98. The van der Waals surface area contributed by atoms with E-state index < -0.39 is 6.10 Å². The Kier molecular flexibility index (Phi) is 5.79. The summed E-state index contributed by atoms with van der Waals surface area (Å²) in [6.45, 7) is 3.00. The molecule has 5 rings (SSSR count). The Bertz CT molecular complexity index is 833. The summed E-state index contributed by atoms with van der Waals surface area (Å²) in [5.74, 6) is 1.40. The largest absolute Gasteiger partial charge is 0.488 e. The van der Waals surface area contributed by atoms with E-state index in [2.05, 4.69) is 14.5 Å². The van der Waals surface area contributed by atoms with Crippen LogP contribution in [0.1, 0.15) is 56.7 Å². The van der Waals surface area contributed by atoms with Crippen LogP contribution in [0.25, 0.3) is 0 Å². The molecule has 2 heterocycles. The van der Waals surface area contributed by atoms with Gasteiger partial charge in [-0.1, -0.05) is 19.3 Å². The molecule has 0 amide bonds. The van der Waals surface area contributed by atoms with Gasteiger partial charge in [0, 0.05) is 31.9 Å². The van der Waals surface area contributed by atoms with Crippen molar-refractivity contribution in [1.82, 2.24) is 14.5 Å². The van der Waals surface area contributed by atoms with Crippen molar-refractivity contribution in [1.29, 1.82) is 0 Å². The molecule has 3 fully saturated rings. The zero-order chi connectivity index (χ0) is 20.5. The van der Waals surface area contributed by atoms with Crippen molar-refractivity contribution in [3.63, 3.8) is 0 Å². The average molecular weight is 414 g/mol. The lowest BCUT2D eigenvalue weighted by atomic mass is 9.78. The number of likely N-dealkylation sites (tertiary alicyclic amines) is 1. The molecule has 0 radical (unpaired) electrons. The Morgan fingerprint density at radius 1 is 1.03 bits per heavy atom. The molecule has 2 saturated carbocycles. The monoisotopic (exact) mass is 413 g/mol. The molecule has 30 heavy (non-hydrogen) atoms. The zero-order valence-electron chi connectivity index (χ0n) is 17.5. The fourth-order valence-electron chi connectivity index (χ4n) is 5.80. The number of halogens is 1. The van der Waals surface area contributed by atoms with Gasteiger partial charge in [0.05, 0.1) is 18.1 Å². The van der Waals surface area contributed by atoms with Gasteiger partial charge in [-0.15, -0.1) is 0 Å². The summed E-state index contributed by atoms with van der Waals surface area (Å²) in [6.07, 6.45) is 11.5. The lowest BCUT2D eigenvalue weighted by molar-refractivity contribution is -0.0231. The van der Waals surface area contributed by atoms with Crippen molar-refractivity contribution in [2.24, 2.45) is 11.8 Å². The smallest absolute Gasteiger partial charge is 0.125 e. The van der Waals surface area contributed by atoms with Crippen LogP contribution in [-0.4, -0.2) is 44.9 Å². The second-order valence-corrected chi connectivity index (χ2v) is 9.45. The number of imidazole rings is 1. The molecule has 162 valence electrons. The van der Waals surface area contributed by atoms with E-state index in [-0.39, 0.29) is 11.9 Å². The molecule has 0 spiro atoms. The molecule has 3 aliphatic rings. The van der Waals surface area contributed by atoms with Crippen LogP contribution in [0.15, 0.2) is 36.8 Å². The number of benzene rings is 1. The predicted molar refractivity (Wildman–Crippen MR) is 113 cm³/mol. The first-order chi connectivity index (χ1) is 14.7. The number of aliphatic hydroxyl groups excluding tert-OH is 1. The molecular formula is C24H32FN3O2. The lowest BCUT2D eigenvalue weighted by Gasteiger charge is -2.35. The molecular weight excluding hydrogens is 381 g/mol. The van der Waals surface area contributed by atoms with Crippen LogP contribution < -0.4 is 4.74 Å². The molecule has 1 aliphatic heterocycles. The van der Waals surface area contributed by atoms with Crippen LogP contribution in [0.2, 0.25) is 0 Å². The SMILES string of the molecule is O[C@@H]1C[C@H]2CN(Cc3cncn3C3CCCCC3)C[C@H]2C[C@H]1Oc1ccc(F)cc1. The van der Waals surface area contributed by atoms with Crippen LogP contribution in [0.5, 0.6) is 5.75 Å². The fraction of sp³-hybridized carbons (Fsp3) is 0.625. The van der Waals surface area contributed by atoms with E-state index in [0.29, 0.717) is 23.6 Å². The number of fused-ring (bicyclic) bond motifs is 1. The molecule has 5 nitrogen and oxygen atoms in total. The van der Waals surface area contributed by atoms with E-state index in [9.17, 15) is 9.50 Å². The van der Waals surface area contributed by atoms with E-state index in [0.717, 1.165) is 32.5 Å². The predicted octanol–water partition coefficient (Wildman–Crippen LogP) is 4.18. The van der Waals surface area contributed by atoms with Gasteiger partial charge in [0.1, 0.15) is 17.7 Å². The number of aliphatic hydroxyl groups is 1. The van der Waals surface area contributed by atoms with Gasteiger partial charge < -0.3 is 14.4 Å². The number of ether oxygens (including phenoxy) is 1. The third-order valence-electron chi connectivity index (χ3n) is 7.36. The van der Waals surface area contributed by atoms with Crippen molar-refractivity contribution in [2.45, 2.75) is 69.7 Å². The van der Waals surface area contributed by atoms with Gasteiger partial charge in [-0.3, -0.25) is 4.90 Å². The fourth-order valence-corrected chi connectivity index (χ4v) is 5.80. The number of rotatable bonds is 5. The molecule has 1 aromatic carbocycles. The standard InChI is InChI=1S/C24H32FN3O2/c25-19-6-8-22(9-7-19)30-24-11-18-14-27(13-17(18)10-23(24)29)15-21-12-26-16-28(21)20-4-2-1-3-5-20/h6-9,12,16-18,20,23-24,29H,1-5,10-11,13-15H2/t17-,18+,23+,24+/m0/s1. The van der Waals surface area contributed by atoms with E-state index in [1.807, 2.05) is 12.5 Å². The highest BCUT2D eigenvalue weighted by molar-refractivity contribution is 5.22. The third-order valence-corrected chi connectivity index (χ3v) is 7.36. The van der Waals surface area contributed by atoms with Gasteiger partial charge in [0.15, 0.2) is 0 Å². The van der Waals surface area contributed by atoms with E-state index in [1.165, 1.54) is 49.9 Å². The Balaban J connectivity index is 1.20. The van der Waals surface area contributed by atoms with Crippen molar-refractivity contribution in [3.8, 4) is 5.75 Å². The molecule has 1 aromatic heterocycles. The Hall–Kier alpha value is -1.92. The van der Waals surface area contributed by atoms with E-state index in [4.69, 9.17) is 4.74 Å². The first kappa shape index (κ1) is 20.0. The average Bonchev–Trinajstić information content (AvgIpc) is 3.37. The molecule has 4 atom stereocenters. The quantitative estimate of drug-likeness (QED) is 0.799. The Morgan fingerprint density at radius 3 is 2.53 bits per heavy atom. The molecule has 2 aromatic rings. The zero-order valence-corrected chi connectivity index (χ0v) is 17.5. The topological polar surface area (TPSA) is 50.5 Å². The second-order valence-electron chi connectivity index (χ2n) is 9.45. The summed E-state index contributed by atoms with van der Waals surface area (Å²) in [6, 6.07) is 6.69. The number of nitrogens with zero attached hydrogens (tertiary/aromatic N) is 3. The van der Waals surface area contributed by atoms with Crippen molar-refractivity contribution >= 4 is 0 Å². The minimum Gasteiger partial charge on any atom is -0.488 e. The summed E-state index contributed by atoms with van der Waals surface area (Å²) < 4.78 is 21.6. The molecule has 2 aliphatic carbocycles. The summed E-state index contributed by atoms with van der Waals surface area (Å²) >= 11 is 0. The summed E-state index contributed by atoms with van der Waals surface area (Å²) in [7, 11) is 0. The van der Waals surface area contributed by atoms with Crippen molar-refractivity contribution < 1.29 is 14.2 Å². The number of hydrogen-bond acceptors (Lipinski definition) is 4. The van der Waals surface area contributed by atoms with Gasteiger partial charge in [0.2, 0.25) is 0 Å². The lowest BCUT2D eigenvalue weighted by Crippen LogP contribution is -2.42. The maximum atomic E-state index is 13.1. The summed E-state index contributed by atoms with van der Waals surface area (Å²) in [5, 5.41) is 10.7. The van der Waals surface area contributed by atoms with Crippen LogP contribution in [-0.2, 0) is 6.54 Å². The normalized spacial score (nSPS) is 30.3.